The van der Waals surface area contributed by atoms with Gasteiger partial charge in [-0.25, -0.2) is 0 Å². The lowest BCUT2D eigenvalue weighted by Crippen LogP contribution is -2.04. The number of methoxy groups -OCH3 is 1. The van der Waals surface area contributed by atoms with E-state index in [9.17, 15) is 4.79 Å². The van der Waals surface area contributed by atoms with Gasteiger partial charge >= 0.3 is 5.97 Å². The van der Waals surface area contributed by atoms with Crippen molar-refractivity contribution in [1.82, 2.24) is 9.78 Å². The molecule has 0 spiro atoms. The second kappa shape index (κ2) is 10.6. The van der Waals surface area contributed by atoms with Crippen LogP contribution in [-0.2, 0) is 22.7 Å². The first-order chi connectivity index (χ1) is 14.6. The van der Waals surface area contributed by atoms with Gasteiger partial charge < -0.3 is 14.6 Å². The van der Waals surface area contributed by atoms with Crippen molar-refractivity contribution in [2.75, 3.05) is 13.7 Å². The quantitative estimate of drug-likeness (QED) is 0.365. The van der Waals surface area contributed by atoms with Crippen LogP contribution in [0.25, 0.3) is 10.9 Å². The lowest BCUT2D eigenvalue weighted by atomic mass is 9.95. The summed E-state index contributed by atoms with van der Waals surface area (Å²) in [4.78, 5) is 11.1. The van der Waals surface area contributed by atoms with E-state index in [-0.39, 0.29) is 12.3 Å². The summed E-state index contributed by atoms with van der Waals surface area (Å²) >= 11 is 0. The number of hydrogen-bond acceptors (Lipinski definition) is 4. The summed E-state index contributed by atoms with van der Waals surface area (Å²) in [5, 5.41) is 14.6. The van der Waals surface area contributed by atoms with Crippen molar-refractivity contribution in [3.05, 3.63) is 71.9 Å². The van der Waals surface area contributed by atoms with Gasteiger partial charge in [0, 0.05) is 31.6 Å². The third-order valence-corrected chi connectivity index (χ3v) is 4.96. The molecule has 2 aromatic carbocycles. The zero-order valence-corrected chi connectivity index (χ0v) is 17.5. The summed E-state index contributed by atoms with van der Waals surface area (Å²) in [7, 11) is 1.71. The van der Waals surface area contributed by atoms with Crippen molar-refractivity contribution in [2.45, 2.75) is 38.8 Å². The van der Waals surface area contributed by atoms with Gasteiger partial charge in [0.15, 0.2) is 0 Å². The van der Waals surface area contributed by atoms with Crippen molar-refractivity contribution in [3.63, 3.8) is 0 Å². The maximum Gasteiger partial charge on any atom is 0.304 e. The summed E-state index contributed by atoms with van der Waals surface area (Å²) in [6, 6.07) is 13.9. The van der Waals surface area contributed by atoms with Crippen LogP contribution in [0.1, 0.15) is 36.8 Å². The zero-order valence-electron chi connectivity index (χ0n) is 17.5. The Morgan fingerprint density at radius 1 is 1.23 bits per heavy atom. The Morgan fingerprint density at radius 2 is 2.03 bits per heavy atom. The number of carbonyl (C=O) groups is 1. The molecule has 30 heavy (non-hydrogen) atoms. The average Bonchev–Trinajstić information content (AvgIpc) is 3.14. The minimum Gasteiger partial charge on any atom is -0.489 e. The molecule has 0 aliphatic heterocycles. The molecule has 0 saturated heterocycles. The standard InChI is InChI=1S/C24H28N2O4/c1-3-5-20(15-24(27)28)19-7-9-22(10-8-19)30-17-18-6-11-23-21(14-18)16-25-26(23)12-4-13-29-2/h3,5-11,14,16,20H,4,12-13,15,17H2,1-2H3,(H,27,28)/t20-/m1/s1. The predicted molar refractivity (Wildman–Crippen MR) is 117 cm³/mol. The number of aromatic nitrogens is 2. The van der Waals surface area contributed by atoms with E-state index in [0.29, 0.717) is 6.61 Å². The Kier molecular flexibility index (Phi) is 7.63. The third-order valence-electron chi connectivity index (χ3n) is 4.96. The number of carboxylic acid groups (broad SMARTS) is 1. The minimum atomic E-state index is -0.809. The molecule has 1 aromatic heterocycles. The maximum absolute atomic E-state index is 11.1. The number of rotatable bonds is 11. The van der Waals surface area contributed by atoms with Crippen LogP contribution in [0.2, 0.25) is 0 Å². The molecule has 0 aliphatic rings. The van der Waals surface area contributed by atoms with Crippen LogP contribution in [0.15, 0.2) is 60.8 Å². The van der Waals surface area contributed by atoms with Crippen molar-refractivity contribution in [1.29, 1.82) is 0 Å². The molecule has 0 saturated carbocycles. The summed E-state index contributed by atoms with van der Waals surface area (Å²) < 4.78 is 13.0. The summed E-state index contributed by atoms with van der Waals surface area (Å²) in [6.45, 7) is 3.90. The molecule has 1 heterocycles. The number of carboxylic acids is 1. The van der Waals surface area contributed by atoms with Gasteiger partial charge in [0.25, 0.3) is 0 Å². The average molecular weight is 408 g/mol. The summed E-state index contributed by atoms with van der Waals surface area (Å²) in [5.74, 6) is -0.191. The Balaban J connectivity index is 1.62. The first kappa shape index (κ1) is 21.6. The van der Waals surface area contributed by atoms with Crippen LogP contribution in [0.3, 0.4) is 0 Å². The van der Waals surface area contributed by atoms with Crippen molar-refractivity contribution in [2.24, 2.45) is 0 Å². The number of fused-ring (bicyclic) bond motifs is 1. The van der Waals surface area contributed by atoms with Gasteiger partial charge in [-0.15, -0.1) is 0 Å². The maximum atomic E-state index is 11.1. The number of benzene rings is 2. The van der Waals surface area contributed by atoms with E-state index in [1.54, 1.807) is 7.11 Å². The molecule has 1 atom stereocenters. The largest absolute Gasteiger partial charge is 0.489 e. The molecule has 1 N–H and O–H groups in total. The number of hydrogen-bond donors (Lipinski definition) is 1. The van der Waals surface area contributed by atoms with E-state index >= 15 is 0 Å². The van der Waals surface area contributed by atoms with Crippen LogP contribution in [0.5, 0.6) is 5.75 Å². The second-order valence-corrected chi connectivity index (χ2v) is 7.20. The zero-order chi connectivity index (χ0) is 21.3. The SMILES string of the molecule is CC=C[C@H](CC(=O)O)c1ccc(OCc2ccc3c(cnn3CCCOC)c2)cc1. The molecule has 0 radical (unpaired) electrons. The topological polar surface area (TPSA) is 73.6 Å². The molecule has 158 valence electrons. The van der Waals surface area contributed by atoms with E-state index in [2.05, 4.69) is 23.3 Å². The van der Waals surface area contributed by atoms with Crippen molar-refractivity contribution < 1.29 is 19.4 Å². The van der Waals surface area contributed by atoms with Gasteiger partial charge in [-0.3, -0.25) is 9.48 Å². The molecule has 3 aromatic rings. The smallest absolute Gasteiger partial charge is 0.304 e. The number of aliphatic carboxylic acids is 1. The second-order valence-electron chi connectivity index (χ2n) is 7.20. The fraction of sp³-hybridized carbons (Fsp3) is 0.333. The minimum absolute atomic E-state index is 0.0731. The molecule has 0 unspecified atom stereocenters. The van der Waals surface area contributed by atoms with E-state index in [1.807, 2.05) is 54.2 Å². The molecular weight excluding hydrogens is 380 g/mol. The molecule has 3 rings (SSSR count). The van der Waals surface area contributed by atoms with E-state index in [4.69, 9.17) is 14.6 Å². The van der Waals surface area contributed by atoms with E-state index < -0.39 is 5.97 Å². The Morgan fingerprint density at radius 3 is 2.73 bits per heavy atom. The van der Waals surface area contributed by atoms with Crippen LogP contribution >= 0.6 is 0 Å². The number of aryl methyl sites for hydroxylation is 1. The predicted octanol–water partition coefficient (Wildman–Crippen LogP) is 4.79. The molecule has 0 aliphatic carbocycles. The lowest BCUT2D eigenvalue weighted by Gasteiger charge is -2.12. The molecule has 6 nitrogen and oxygen atoms in total. The molecule has 0 bridgehead atoms. The number of allylic oxidation sites excluding steroid dienone is 2. The van der Waals surface area contributed by atoms with Gasteiger partial charge in [0.1, 0.15) is 12.4 Å². The van der Waals surface area contributed by atoms with Gasteiger partial charge in [-0.2, -0.15) is 5.10 Å². The molecule has 0 amide bonds. The Bertz CT molecular complexity index is 992. The number of ether oxygens (including phenoxy) is 2. The van der Waals surface area contributed by atoms with Crippen LogP contribution in [0, 0.1) is 0 Å². The lowest BCUT2D eigenvalue weighted by molar-refractivity contribution is -0.137. The van der Waals surface area contributed by atoms with Crippen molar-refractivity contribution >= 4 is 16.9 Å². The Labute approximate surface area is 176 Å². The normalized spacial score (nSPS) is 12.5. The fourth-order valence-electron chi connectivity index (χ4n) is 3.46. The fourth-order valence-corrected chi connectivity index (χ4v) is 3.46. The van der Waals surface area contributed by atoms with Gasteiger partial charge in [0.2, 0.25) is 0 Å². The van der Waals surface area contributed by atoms with Crippen molar-refractivity contribution in [3.8, 4) is 5.75 Å². The molecular formula is C24H28N2O4. The van der Waals surface area contributed by atoms with E-state index in [0.717, 1.165) is 47.4 Å². The highest BCUT2D eigenvalue weighted by atomic mass is 16.5. The van der Waals surface area contributed by atoms with Crippen LogP contribution < -0.4 is 4.74 Å². The van der Waals surface area contributed by atoms with Crippen LogP contribution in [-0.4, -0.2) is 34.6 Å². The third kappa shape index (κ3) is 5.70. The molecule has 6 heteroatoms. The summed E-state index contributed by atoms with van der Waals surface area (Å²) in [6.07, 6.45) is 6.67. The van der Waals surface area contributed by atoms with Gasteiger partial charge in [-0.1, -0.05) is 30.4 Å². The number of nitrogens with zero attached hydrogens (tertiary/aromatic N) is 2. The Hall–Kier alpha value is -3.12. The highest BCUT2D eigenvalue weighted by molar-refractivity contribution is 5.79. The highest BCUT2D eigenvalue weighted by Gasteiger charge is 2.12. The van der Waals surface area contributed by atoms with E-state index in [1.165, 1.54) is 0 Å². The van der Waals surface area contributed by atoms with Crippen LogP contribution in [0.4, 0.5) is 0 Å². The molecule has 0 fully saturated rings. The highest BCUT2D eigenvalue weighted by Crippen LogP contribution is 2.25. The first-order valence-electron chi connectivity index (χ1n) is 10.1. The monoisotopic (exact) mass is 408 g/mol. The van der Waals surface area contributed by atoms with Gasteiger partial charge in [0.05, 0.1) is 18.1 Å². The summed E-state index contributed by atoms with van der Waals surface area (Å²) in [5.41, 5.74) is 3.14. The van der Waals surface area contributed by atoms with Gasteiger partial charge in [-0.05, 0) is 48.7 Å². The first-order valence-corrected chi connectivity index (χ1v) is 10.1.